The van der Waals surface area contributed by atoms with Crippen molar-refractivity contribution >= 4 is 5.78 Å². The lowest BCUT2D eigenvalue weighted by Crippen LogP contribution is -2.20. The Bertz CT molecular complexity index is 524. The number of aromatic nitrogens is 2. The van der Waals surface area contributed by atoms with Crippen molar-refractivity contribution in [2.45, 2.75) is 20.8 Å². The minimum Gasteiger partial charge on any atom is -0.414 e. The molecule has 0 fully saturated rings. The predicted molar refractivity (Wildman–Crippen MR) is 63.5 cm³/mol. The highest BCUT2D eigenvalue weighted by Gasteiger charge is 2.28. The molecule has 0 amide bonds. The van der Waals surface area contributed by atoms with Crippen molar-refractivity contribution in [3.05, 3.63) is 36.2 Å². The molecule has 1 heterocycles. The third-order valence-corrected chi connectivity index (χ3v) is 2.32. The fourth-order valence-corrected chi connectivity index (χ4v) is 1.33. The smallest absolute Gasteiger partial charge is 0.284 e. The van der Waals surface area contributed by atoms with Crippen LogP contribution in [0.25, 0.3) is 11.5 Å². The van der Waals surface area contributed by atoms with Gasteiger partial charge in [-0.3, -0.25) is 4.79 Å². The van der Waals surface area contributed by atoms with Crippen LogP contribution in [0.5, 0.6) is 0 Å². The minimum atomic E-state index is -0.513. The van der Waals surface area contributed by atoms with Gasteiger partial charge in [0.25, 0.3) is 5.89 Å². The topological polar surface area (TPSA) is 56.0 Å². The lowest BCUT2D eigenvalue weighted by Gasteiger charge is -2.12. The molecule has 1 aromatic carbocycles. The number of carbonyl (C=O) groups is 1. The van der Waals surface area contributed by atoms with Crippen LogP contribution in [0.15, 0.2) is 34.7 Å². The molecule has 0 saturated heterocycles. The lowest BCUT2D eigenvalue weighted by atomic mass is 9.91. The molecule has 4 nitrogen and oxygen atoms in total. The Morgan fingerprint density at radius 3 is 2.35 bits per heavy atom. The summed E-state index contributed by atoms with van der Waals surface area (Å²) >= 11 is 0. The van der Waals surface area contributed by atoms with Gasteiger partial charge in [0.2, 0.25) is 11.7 Å². The van der Waals surface area contributed by atoms with Crippen LogP contribution in [0.2, 0.25) is 0 Å². The van der Waals surface area contributed by atoms with E-state index >= 15 is 0 Å². The molecule has 4 heteroatoms. The van der Waals surface area contributed by atoms with E-state index in [0.717, 1.165) is 5.56 Å². The zero-order valence-electron chi connectivity index (χ0n) is 10.1. The Hall–Kier alpha value is -1.97. The largest absolute Gasteiger partial charge is 0.414 e. The second-order valence-corrected chi connectivity index (χ2v) is 4.86. The van der Waals surface area contributed by atoms with E-state index in [9.17, 15) is 4.79 Å². The molecule has 2 rings (SSSR count). The number of carbonyl (C=O) groups excluding carboxylic acids is 1. The first-order chi connectivity index (χ1) is 7.98. The Balaban J connectivity index is 2.32. The van der Waals surface area contributed by atoms with E-state index in [1.807, 2.05) is 51.1 Å². The average Bonchev–Trinajstić information content (AvgIpc) is 2.77. The van der Waals surface area contributed by atoms with Crippen molar-refractivity contribution in [2.75, 3.05) is 0 Å². The van der Waals surface area contributed by atoms with Crippen LogP contribution in [0.1, 0.15) is 31.5 Å². The van der Waals surface area contributed by atoms with Gasteiger partial charge in [-0.05, 0) is 12.1 Å². The molecule has 0 unspecified atom stereocenters. The summed E-state index contributed by atoms with van der Waals surface area (Å²) in [5, 5.41) is 7.68. The first-order valence-corrected chi connectivity index (χ1v) is 5.42. The van der Waals surface area contributed by atoms with Gasteiger partial charge in [-0.15, -0.1) is 10.2 Å². The minimum absolute atomic E-state index is 0.0661. The normalized spacial score (nSPS) is 11.5. The molecule has 88 valence electrons. The standard InChI is InChI=1S/C13H14N2O2/c1-13(2,3)10(16)12-15-14-11(17-12)9-7-5-4-6-8-9/h4-8H,1-3H3. The van der Waals surface area contributed by atoms with Gasteiger partial charge in [-0.25, -0.2) is 0 Å². The molecular weight excluding hydrogens is 216 g/mol. The van der Waals surface area contributed by atoms with E-state index in [-0.39, 0.29) is 11.7 Å². The lowest BCUT2D eigenvalue weighted by molar-refractivity contribution is 0.0821. The van der Waals surface area contributed by atoms with Crippen molar-refractivity contribution in [2.24, 2.45) is 5.41 Å². The third kappa shape index (κ3) is 2.41. The Kier molecular flexibility index (Phi) is 2.79. The summed E-state index contributed by atoms with van der Waals surface area (Å²) in [5.74, 6) is 0.293. The molecule has 0 spiro atoms. The first-order valence-electron chi connectivity index (χ1n) is 5.42. The molecule has 0 atom stereocenters. The zero-order valence-corrected chi connectivity index (χ0v) is 10.1. The van der Waals surface area contributed by atoms with Gasteiger partial charge in [0.1, 0.15) is 0 Å². The quantitative estimate of drug-likeness (QED) is 0.744. The van der Waals surface area contributed by atoms with Crippen LogP contribution >= 0.6 is 0 Å². The zero-order chi connectivity index (χ0) is 12.5. The number of hydrogen-bond donors (Lipinski definition) is 0. The van der Waals surface area contributed by atoms with Gasteiger partial charge in [-0.1, -0.05) is 39.0 Å². The predicted octanol–water partition coefficient (Wildman–Crippen LogP) is 2.97. The summed E-state index contributed by atoms with van der Waals surface area (Å²) < 4.78 is 5.39. The van der Waals surface area contributed by atoms with Crippen LogP contribution < -0.4 is 0 Å². The molecule has 0 N–H and O–H groups in total. The van der Waals surface area contributed by atoms with E-state index in [0.29, 0.717) is 5.89 Å². The first kappa shape index (κ1) is 11.5. The van der Waals surface area contributed by atoms with Gasteiger partial charge in [0, 0.05) is 11.0 Å². The maximum Gasteiger partial charge on any atom is 0.284 e. The summed E-state index contributed by atoms with van der Waals surface area (Å²) in [6.07, 6.45) is 0. The summed E-state index contributed by atoms with van der Waals surface area (Å²) in [6, 6.07) is 9.38. The molecular formula is C13H14N2O2. The van der Waals surface area contributed by atoms with E-state index in [1.165, 1.54) is 0 Å². The molecule has 17 heavy (non-hydrogen) atoms. The van der Waals surface area contributed by atoms with E-state index < -0.39 is 5.41 Å². The average molecular weight is 230 g/mol. The third-order valence-electron chi connectivity index (χ3n) is 2.32. The highest BCUT2D eigenvalue weighted by atomic mass is 16.4. The second kappa shape index (κ2) is 4.13. The number of ketones is 1. The van der Waals surface area contributed by atoms with Crippen molar-refractivity contribution in [3.63, 3.8) is 0 Å². The maximum absolute atomic E-state index is 11.9. The summed E-state index contributed by atoms with van der Waals surface area (Å²) in [5.41, 5.74) is 0.300. The Morgan fingerprint density at radius 1 is 1.12 bits per heavy atom. The van der Waals surface area contributed by atoms with E-state index in [4.69, 9.17) is 4.42 Å². The van der Waals surface area contributed by atoms with Gasteiger partial charge >= 0.3 is 0 Å². The molecule has 2 aromatic rings. The van der Waals surface area contributed by atoms with Crippen LogP contribution in [0.3, 0.4) is 0 Å². The number of Topliss-reactive ketones (excluding diaryl/α,β-unsaturated/α-hetero) is 1. The highest BCUT2D eigenvalue weighted by molar-refractivity contribution is 5.95. The fraction of sp³-hybridized carbons (Fsp3) is 0.308. The van der Waals surface area contributed by atoms with Crippen LogP contribution in [0, 0.1) is 5.41 Å². The van der Waals surface area contributed by atoms with Gasteiger partial charge < -0.3 is 4.42 Å². The highest BCUT2D eigenvalue weighted by Crippen LogP contribution is 2.23. The Morgan fingerprint density at radius 2 is 1.76 bits per heavy atom. The van der Waals surface area contributed by atoms with E-state index in [1.54, 1.807) is 0 Å². The summed E-state index contributed by atoms with van der Waals surface area (Å²) in [6.45, 7) is 5.46. The number of hydrogen-bond acceptors (Lipinski definition) is 4. The van der Waals surface area contributed by atoms with Crippen molar-refractivity contribution in [3.8, 4) is 11.5 Å². The molecule has 0 saturated carbocycles. The SMILES string of the molecule is CC(C)(C)C(=O)c1nnc(-c2ccccc2)o1. The number of rotatable bonds is 2. The molecule has 1 aromatic heterocycles. The van der Waals surface area contributed by atoms with Crippen LogP contribution in [-0.4, -0.2) is 16.0 Å². The number of benzene rings is 1. The van der Waals surface area contributed by atoms with Crippen LogP contribution in [-0.2, 0) is 0 Å². The molecule has 0 bridgehead atoms. The summed E-state index contributed by atoms with van der Waals surface area (Å²) in [4.78, 5) is 11.9. The Labute approximate surface area is 99.7 Å². The summed E-state index contributed by atoms with van der Waals surface area (Å²) in [7, 11) is 0. The van der Waals surface area contributed by atoms with Crippen molar-refractivity contribution in [1.29, 1.82) is 0 Å². The molecule has 0 aliphatic heterocycles. The van der Waals surface area contributed by atoms with Gasteiger partial charge in [-0.2, -0.15) is 0 Å². The van der Waals surface area contributed by atoms with Gasteiger partial charge in [0.15, 0.2) is 0 Å². The molecule has 0 radical (unpaired) electrons. The molecule has 0 aliphatic carbocycles. The van der Waals surface area contributed by atoms with Crippen LogP contribution in [0.4, 0.5) is 0 Å². The second-order valence-electron chi connectivity index (χ2n) is 4.86. The van der Waals surface area contributed by atoms with E-state index in [2.05, 4.69) is 10.2 Å². The number of nitrogens with zero attached hydrogens (tertiary/aromatic N) is 2. The fourth-order valence-electron chi connectivity index (χ4n) is 1.33. The van der Waals surface area contributed by atoms with Crippen molar-refractivity contribution in [1.82, 2.24) is 10.2 Å². The monoisotopic (exact) mass is 230 g/mol. The van der Waals surface area contributed by atoms with Gasteiger partial charge in [0.05, 0.1) is 0 Å². The molecule has 0 aliphatic rings. The maximum atomic E-state index is 11.9. The van der Waals surface area contributed by atoms with Crippen molar-refractivity contribution < 1.29 is 9.21 Å².